The number of aryl methyl sites for hydroxylation is 2. The van der Waals surface area contributed by atoms with Gasteiger partial charge in [0, 0.05) is 17.7 Å². The van der Waals surface area contributed by atoms with E-state index in [2.05, 4.69) is 5.32 Å². The first kappa shape index (κ1) is 20.6. The molecule has 2 aromatic carbocycles. The third-order valence-electron chi connectivity index (χ3n) is 3.95. The van der Waals surface area contributed by atoms with Crippen LogP contribution in [0.2, 0.25) is 5.02 Å². The van der Waals surface area contributed by atoms with Crippen LogP contribution in [0.15, 0.2) is 36.4 Å². The molecule has 2 aromatic rings. The third kappa shape index (κ3) is 6.18. The van der Waals surface area contributed by atoms with Crippen molar-refractivity contribution in [2.75, 3.05) is 11.9 Å². The molecule has 1 amide bonds. The molecule has 7 heteroatoms. The molecule has 0 bridgehead atoms. The Morgan fingerprint density at radius 3 is 2.44 bits per heavy atom. The maximum Gasteiger partial charge on any atom is 0.306 e. The Kier molecular flexibility index (Phi) is 7.07. The molecule has 0 aliphatic heterocycles. The highest BCUT2D eigenvalue weighted by molar-refractivity contribution is 6.31. The minimum absolute atomic E-state index is 0.00345. The molecule has 2 rings (SSSR count). The summed E-state index contributed by atoms with van der Waals surface area (Å²) >= 11 is 5.62. The second-order valence-corrected chi connectivity index (χ2v) is 6.47. The standard InChI is InChI=1S/C20H19ClFNO4/c1-12-3-4-14(9-13(12)2)18(24)7-8-20(26)27-11-19(25)23-15-5-6-17(22)16(21)10-15/h3-6,9-10H,7-8,11H2,1-2H3,(H,23,25). The maximum absolute atomic E-state index is 13.1. The molecular weight excluding hydrogens is 373 g/mol. The number of carbonyl (C=O) groups excluding carboxylic acids is 3. The molecule has 0 aromatic heterocycles. The summed E-state index contributed by atoms with van der Waals surface area (Å²) in [5.41, 5.74) is 2.91. The van der Waals surface area contributed by atoms with Gasteiger partial charge in [0.05, 0.1) is 11.4 Å². The van der Waals surface area contributed by atoms with Crippen molar-refractivity contribution in [2.24, 2.45) is 0 Å². The maximum atomic E-state index is 13.1. The minimum atomic E-state index is -0.653. The van der Waals surface area contributed by atoms with Gasteiger partial charge in [-0.2, -0.15) is 0 Å². The van der Waals surface area contributed by atoms with Gasteiger partial charge in [0.2, 0.25) is 0 Å². The van der Waals surface area contributed by atoms with E-state index in [1.54, 1.807) is 12.1 Å². The van der Waals surface area contributed by atoms with Crippen molar-refractivity contribution in [2.45, 2.75) is 26.7 Å². The topological polar surface area (TPSA) is 72.5 Å². The lowest BCUT2D eigenvalue weighted by molar-refractivity contribution is -0.147. The largest absolute Gasteiger partial charge is 0.456 e. The van der Waals surface area contributed by atoms with Crippen LogP contribution in [0, 0.1) is 19.7 Å². The molecule has 0 saturated carbocycles. The molecular formula is C20H19ClFNO4. The summed E-state index contributed by atoms with van der Waals surface area (Å²) in [6, 6.07) is 9.05. The van der Waals surface area contributed by atoms with Crippen molar-refractivity contribution in [3.05, 3.63) is 63.9 Å². The molecule has 0 spiro atoms. The van der Waals surface area contributed by atoms with Gasteiger partial charge in [-0.1, -0.05) is 23.7 Å². The summed E-state index contributed by atoms with van der Waals surface area (Å²) < 4.78 is 17.9. The zero-order valence-electron chi connectivity index (χ0n) is 15.0. The molecule has 0 atom stereocenters. The highest BCUT2D eigenvalue weighted by Gasteiger charge is 2.13. The van der Waals surface area contributed by atoms with Crippen molar-refractivity contribution in [1.29, 1.82) is 0 Å². The van der Waals surface area contributed by atoms with Gasteiger partial charge < -0.3 is 10.1 Å². The quantitative estimate of drug-likeness (QED) is 0.566. The Hall–Kier alpha value is -2.73. The average Bonchev–Trinajstić information content (AvgIpc) is 2.63. The number of halogens is 2. The highest BCUT2D eigenvalue weighted by Crippen LogP contribution is 2.19. The van der Waals surface area contributed by atoms with E-state index < -0.39 is 24.3 Å². The van der Waals surface area contributed by atoms with Crippen LogP contribution in [-0.4, -0.2) is 24.3 Å². The Labute approximate surface area is 161 Å². The molecule has 27 heavy (non-hydrogen) atoms. The first-order valence-electron chi connectivity index (χ1n) is 8.27. The van der Waals surface area contributed by atoms with Crippen LogP contribution in [-0.2, 0) is 14.3 Å². The third-order valence-corrected chi connectivity index (χ3v) is 4.24. The number of benzene rings is 2. The van der Waals surface area contributed by atoms with Gasteiger partial charge >= 0.3 is 5.97 Å². The second-order valence-electron chi connectivity index (χ2n) is 6.06. The predicted octanol–water partition coefficient (Wildman–Crippen LogP) is 4.24. The number of nitrogens with one attached hydrogen (secondary N) is 1. The Balaban J connectivity index is 1.76. The number of hydrogen-bond acceptors (Lipinski definition) is 4. The fourth-order valence-electron chi connectivity index (χ4n) is 2.26. The van der Waals surface area contributed by atoms with Gasteiger partial charge in [-0.15, -0.1) is 0 Å². The molecule has 142 valence electrons. The lowest BCUT2D eigenvalue weighted by atomic mass is 10.0. The van der Waals surface area contributed by atoms with E-state index in [0.717, 1.165) is 17.2 Å². The van der Waals surface area contributed by atoms with Crippen molar-refractivity contribution in [3.8, 4) is 0 Å². The summed E-state index contributed by atoms with van der Waals surface area (Å²) in [6.45, 7) is 3.35. The van der Waals surface area contributed by atoms with E-state index >= 15 is 0 Å². The van der Waals surface area contributed by atoms with E-state index in [4.69, 9.17) is 16.3 Å². The van der Waals surface area contributed by atoms with Gasteiger partial charge in [-0.05, 0) is 49.2 Å². The van der Waals surface area contributed by atoms with Crippen LogP contribution in [0.5, 0.6) is 0 Å². The average molecular weight is 392 g/mol. The van der Waals surface area contributed by atoms with E-state index in [1.807, 2.05) is 19.9 Å². The number of anilines is 1. The lowest BCUT2D eigenvalue weighted by Gasteiger charge is -2.07. The van der Waals surface area contributed by atoms with Crippen molar-refractivity contribution < 1.29 is 23.5 Å². The van der Waals surface area contributed by atoms with Crippen LogP contribution < -0.4 is 5.32 Å². The summed E-state index contributed by atoms with van der Waals surface area (Å²) in [6.07, 6.45) is -0.127. The number of carbonyl (C=O) groups is 3. The summed E-state index contributed by atoms with van der Waals surface area (Å²) in [4.78, 5) is 35.6. The molecule has 1 N–H and O–H groups in total. The lowest BCUT2D eigenvalue weighted by Crippen LogP contribution is -2.21. The molecule has 0 radical (unpaired) electrons. The monoisotopic (exact) mass is 391 g/mol. The highest BCUT2D eigenvalue weighted by atomic mass is 35.5. The van der Waals surface area contributed by atoms with Crippen LogP contribution in [0.3, 0.4) is 0 Å². The summed E-state index contributed by atoms with van der Waals surface area (Å²) in [7, 11) is 0. The van der Waals surface area contributed by atoms with Crippen molar-refractivity contribution in [3.63, 3.8) is 0 Å². The Bertz CT molecular complexity index is 882. The molecule has 0 saturated heterocycles. The molecule has 0 unspecified atom stereocenters. The fourth-order valence-corrected chi connectivity index (χ4v) is 2.44. The number of esters is 1. The van der Waals surface area contributed by atoms with Crippen LogP contribution in [0.25, 0.3) is 0 Å². The van der Waals surface area contributed by atoms with Crippen LogP contribution in [0.1, 0.15) is 34.3 Å². The molecule has 5 nitrogen and oxygen atoms in total. The normalized spacial score (nSPS) is 10.4. The zero-order valence-corrected chi connectivity index (χ0v) is 15.7. The zero-order chi connectivity index (χ0) is 20.0. The van der Waals surface area contributed by atoms with Gasteiger partial charge in [-0.3, -0.25) is 14.4 Å². The minimum Gasteiger partial charge on any atom is -0.456 e. The van der Waals surface area contributed by atoms with Crippen molar-refractivity contribution >= 4 is 34.9 Å². The van der Waals surface area contributed by atoms with Crippen molar-refractivity contribution in [1.82, 2.24) is 0 Å². The predicted molar refractivity (Wildman–Crippen MR) is 100 cm³/mol. The number of rotatable bonds is 7. The number of hydrogen-bond donors (Lipinski definition) is 1. The van der Waals surface area contributed by atoms with E-state index in [-0.39, 0.29) is 29.3 Å². The van der Waals surface area contributed by atoms with Gasteiger partial charge in [-0.25, -0.2) is 4.39 Å². The summed E-state index contributed by atoms with van der Waals surface area (Å²) in [5.74, 6) is -2.01. The number of amides is 1. The number of ether oxygens (including phenoxy) is 1. The summed E-state index contributed by atoms with van der Waals surface area (Å²) in [5, 5.41) is 2.30. The SMILES string of the molecule is Cc1ccc(C(=O)CCC(=O)OCC(=O)Nc2ccc(F)c(Cl)c2)cc1C. The first-order valence-corrected chi connectivity index (χ1v) is 8.65. The Morgan fingerprint density at radius 2 is 1.78 bits per heavy atom. The van der Waals surface area contributed by atoms with Crippen LogP contribution in [0.4, 0.5) is 10.1 Å². The van der Waals surface area contributed by atoms with Gasteiger partial charge in [0.25, 0.3) is 5.91 Å². The van der Waals surface area contributed by atoms with Crippen LogP contribution >= 0.6 is 11.6 Å². The molecule has 0 fully saturated rings. The smallest absolute Gasteiger partial charge is 0.306 e. The number of Topliss-reactive ketones (excluding diaryl/α,β-unsaturated/α-hetero) is 1. The van der Waals surface area contributed by atoms with E-state index in [1.165, 1.54) is 12.1 Å². The molecule has 0 aliphatic carbocycles. The van der Waals surface area contributed by atoms with E-state index in [0.29, 0.717) is 5.56 Å². The number of ketones is 1. The molecule has 0 aliphatic rings. The molecule has 0 heterocycles. The first-order chi connectivity index (χ1) is 12.8. The Morgan fingerprint density at radius 1 is 1.04 bits per heavy atom. The second kappa shape index (κ2) is 9.28. The van der Waals surface area contributed by atoms with Gasteiger partial charge in [0.15, 0.2) is 12.4 Å². The fraction of sp³-hybridized carbons (Fsp3) is 0.250. The van der Waals surface area contributed by atoms with Gasteiger partial charge in [0.1, 0.15) is 5.82 Å². The van der Waals surface area contributed by atoms with E-state index in [9.17, 15) is 18.8 Å².